The molecular formula is C59H45N5. The molecule has 0 spiro atoms. The molecule has 9 aromatic carbocycles. The molecule has 0 unspecified atom stereocenters. The van der Waals surface area contributed by atoms with Crippen LogP contribution in [0.3, 0.4) is 0 Å². The number of fused-ring (bicyclic) bond motifs is 12. The van der Waals surface area contributed by atoms with E-state index in [2.05, 4.69) is 213 Å². The molecule has 0 N–H and O–H groups in total. The standard InChI is InChI=1S/C59H45N5/c1-58(2)31-32-59(3,4)48-35-52-46(34-47(48)58)54-51(30-29-50-53(54)44-26-14-15-28-49(44)63(50)38-20-6-5-7-21-38)64(52)57-61-55(43-27-16-19-36-17-8-10-22-39(36)43)60-56(62-57)45-33-37-18-9-11-23-40(37)41-24-12-13-25-42(41)45/h5-30,33-35H,31-32H2,1-4H3. The maximum atomic E-state index is 5.62. The minimum absolute atomic E-state index is 0.0123. The Labute approximate surface area is 371 Å². The predicted octanol–water partition coefficient (Wildman–Crippen LogP) is 15.2. The molecule has 1 aliphatic rings. The van der Waals surface area contributed by atoms with Gasteiger partial charge in [-0.05, 0) is 116 Å². The lowest BCUT2D eigenvalue weighted by Gasteiger charge is -2.42. The van der Waals surface area contributed by atoms with Gasteiger partial charge in [-0.3, -0.25) is 4.57 Å². The smallest absolute Gasteiger partial charge is 0.238 e. The highest BCUT2D eigenvalue weighted by molar-refractivity contribution is 6.29. The van der Waals surface area contributed by atoms with Crippen LogP contribution in [-0.2, 0) is 10.8 Å². The number of rotatable bonds is 4. The van der Waals surface area contributed by atoms with Crippen molar-refractivity contribution in [2.24, 2.45) is 0 Å². The van der Waals surface area contributed by atoms with Gasteiger partial charge in [0.15, 0.2) is 11.6 Å². The van der Waals surface area contributed by atoms with Crippen molar-refractivity contribution in [3.05, 3.63) is 187 Å². The highest BCUT2D eigenvalue weighted by Gasteiger charge is 2.38. The van der Waals surface area contributed by atoms with Crippen molar-refractivity contribution in [3.8, 4) is 34.4 Å². The lowest BCUT2D eigenvalue weighted by atomic mass is 9.63. The summed E-state index contributed by atoms with van der Waals surface area (Å²) in [7, 11) is 0. The SMILES string of the molecule is CC1(C)CCC(C)(C)c2cc3c(cc21)c1c2c4ccccc4n(-c4ccccc4)c2ccc1n3-c1nc(-c2cccc3ccccc23)nc(-c2cc3ccccc3c3ccccc23)n1. The maximum absolute atomic E-state index is 5.62. The monoisotopic (exact) mass is 823 g/mol. The van der Waals surface area contributed by atoms with E-state index in [4.69, 9.17) is 15.0 Å². The Hall–Kier alpha value is -7.63. The molecule has 0 saturated carbocycles. The summed E-state index contributed by atoms with van der Waals surface area (Å²) in [5.74, 6) is 1.89. The van der Waals surface area contributed by atoms with Gasteiger partial charge in [-0.15, -0.1) is 0 Å². The van der Waals surface area contributed by atoms with Gasteiger partial charge < -0.3 is 4.57 Å². The van der Waals surface area contributed by atoms with E-state index in [1.54, 1.807) is 0 Å². The minimum Gasteiger partial charge on any atom is -0.309 e. The van der Waals surface area contributed by atoms with E-state index >= 15 is 0 Å². The predicted molar refractivity (Wildman–Crippen MR) is 267 cm³/mol. The molecule has 0 amide bonds. The second kappa shape index (κ2) is 13.4. The van der Waals surface area contributed by atoms with E-state index in [0.717, 1.165) is 62.2 Å². The Balaban J connectivity index is 1.21. The summed E-state index contributed by atoms with van der Waals surface area (Å²) in [5, 5.41) is 11.8. The Morgan fingerprint density at radius 2 is 0.938 bits per heavy atom. The fourth-order valence-corrected chi connectivity index (χ4v) is 11.1. The number of benzene rings is 9. The fraction of sp³-hybridized carbons (Fsp3) is 0.136. The van der Waals surface area contributed by atoms with Gasteiger partial charge in [0, 0.05) is 38.4 Å². The first kappa shape index (κ1) is 37.0. The molecule has 306 valence electrons. The molecule has 0 aliphatic heterocycles. The second-order valence-electron chi connectivity index (χ2n) is 19.1. The van der Waals surface area contributed by atoms with Crippen LogP contribution in [0, 0.1) is 0 Å². The van der Waals surface area contributed by atoms with E-state index in [-0.39, 0.29) is 10.8 Å². The lowest BCUT2D eigenvalue weighted by Crippen LogP contribution is -2.33. The van der Waals surface area contributed by atoms with Crippen molar-refractivity contribution in [2.75, 3.05) is 0 Å². The van der Waals surface area contributed by atoms with Crippen molar-refractivity contribution >= 4 is 75.9 Å². The zero-order chi connectivity index (χ0) is 42.9. The average molecular weight is 824 g/mol. The van der Waals surface area contributed by atoms with Crippen molar-refractivity contribution < 1.29 is 0 Å². The van der Waals surface area contributed by atoms with Gasteiger partial charge in [0.25, 0.3) is 0 Å². The van der Waals surface area contributed by atoms with Crippen LogP contribution in [0.2, 0.25) is 0 Å². The third kappa shape index (κ3) is 5.34. The molecule has 0 bridgehead atoms. The Morgan fingerprint density at radius 3 is 1.70 bits per heavy atom. The van der Waals surface area contributed by atoms with Crippen LogP contribution in [0.5, 0.6) is 0 Å². The summed E-state index contributed by atoms with van der Waals surface area (Å²) < 4.78 is 4.77. The third-order valence-electron chi connectivity index (χ3n) is 14.4. The number of hydrogen-bond donors (Lipinski definition) is 0. The summed E-state index contributed by atoms with van der Waals surface area (Å²) in [6.07, 6.45) is 2.24. The van der Waals surface area contributed by atoms with Gasteiger partial charge in [0.05, 0.1) is 22.1 Å². The maximum Gasteiger partial charge on any atom is 0.238 e. The summed E-state index contributed by atoms with van der Waals surface area (Å²) in [4.78, 5) is 16.6. The Kier molecular flexibility index (Phi) is 7.76. The van der Waals surface area contributed by atoms with Crippen LogP contribution >= 0.6 is 0 Å². The zero-order valence-corrected chi connectivity index (χ0v) is 36.4. The highest BCUT2D eigenvalue weighted by Crippen LogP contribution is 2.50. The minimum atomic E-state index is -0.0125. The topological polar surface area (TPSA) is 48.5 Å². The number of aromatic nitrogens is 5. The Bertz CT molecular complexity index is 3900. The average Bonchev–Trinajstić information content (AvgIpc) is 3.85. The zero-order valence-electron chi connectivity index (χ0n) is 36.4. The molecule has 0 saturated heterocycles. The first-order chi connectivity index (χ1) is 31.2. The number of para-hydroxylation sites is 2. The molecule has 0 fully saturated rings. The Morgan fingerprint density at radius 1 is 0.375 bits per heavy atom. The molecule has 0 radical (unpaired) electrons. The quantitative estimate of drug-likeness (QED) is 0.166. The molecule has 3 aromatic heterocycles. The molecule has 5 heteroatoms. The van der Waals surface area contributed by atoms with E-state index in [1.807, 2.05) is 0 Å². The third-order valence-corrected chi connectivity index (χ3v) is 14.4. The number of hydrogen-bond acceptors (Lipinski definition) is 3. The van der Waals surface area contributed by atoms with Crippen LogP contribution in [0.1, 0.15) is 51.7 Å². The summed E-state index contributed by atoms with van der Waals surface area (Å²) in [6, 6.07) is 63.7. The van der Waals surface area contributed by atoms with Gasteiger partial charge in [-0.1, -0.05) is 155 Å². The van der Waals surface area contributed by atoms with Crippen LogP contribution < -0.4 is 0 Å². The van der Waals surface area contributed by atoms with Gasteiger partial charge in [0.1, 0.15) is 0 Å². The number of nitrogens with zero attached hydrogens (tertiary/aromatic N) is 5. The van der Waals surface area contributed by atoms with Crippen molar-refractivity contribution in [1.82, 2.24) is 24.1 Å². The van der Waals surface area contributed by atoms with E-state index in [9.17, 15) is 0 Å². The van der Waals surface area contributed by atoms with Gasteiger partial charge in [-0.2, -0.15) is 9.97 Å². The molecule has 64 heavy (non-hydrogen) atoms. The normalized spacial score (nSPS) is 14.7. The van der Waals surface area contributed by atoms with E-state index < -0.39 is 0 Å². The fourth-order valence-electron chi connectivity index (χ4n) is 11.1. The summed E-state index contributed by atoms with van der Waals surface area (Å²) in [5.41, 5.74) is 10.4. The summed E-state index contributed by atoms with van der Waals surface area (Å²) >= 11 is 0. The molecule has 3 heterocycles. The van der Waals surface area contributed by atoms with Gasteiger partial charge >= 0.3 is 0 Å². The van der Waals surface area contributed by atoms with Crippen molar-refractivity contribution in [3.63, 3.8) is 0 Å². The molecule has 12 aromatic rings. The van der Waals surface area contributed by atoms with Crippen molar-refractivity contribution in [2.45, 2.75) is 51.4 Å². The second-order valence-corrected chi connectivity index (χ2v) is 19.1. The first-order valence-electron chi connectivity index (χ1n) is 22.5. The molecule has 0 atom stereocenters. The van der Waals surface area contributed by atoms with E-state index in [1.165, 1.54) is 54.5 Å². The largest absolute Gasteiger partial charge is 0.309 e. The highest BCUT2D eigenvalue weighted by atomic mass is 15.2. The van der Waals surface area contributed by atoms with Gasteiger partial charge in [-0.25, -0.2) is 4.98 Å². The first-order valence-corrected chi connectivity index (χ1v) is 22.5. The molecule has 5 nitrogen and oxygen atoms in total. The molecule has 1 aliphatic carbocycles. The lowest BCUT2D eigenvalue weighted by molar-refractivity contribution is 0.332. The summed E-state index contributed by atoms with van der Waals surface area (Å²) in [6.45, 7) is 9.67. The molecule has 13 rings (SSSR count). The van der Waals surface area contributed by atoms with Gasteiger partial charge in [0.2, 0.25) is 5.95 Å². The van der Waals surface area contributed by atoms with E-state index in [0.29, 0.717) is 17.6 Å². The van der Waals surface area contributed by atoms with Crippen LogP contribution in [-0.4, -0.2) is 24.1 Å². The van der Waals surface area contributed by atoms with Crippen LogP contribution in [0.25, 0.3) is 110 Å². The van der Waals surface area contributed by atoms with Crippen LogP contribution in [0.4, 0.5) is 0 Å². The van der Waals surface area contributed by atoms with Crippen molar-refractivity contribution in [1.29, 1.82) is 0 Å². The molecular weight excluding hydrogens is 779 g/mol. The van der Waals surface area contributed by atoms with Crippen LogP contribution in [0.15, 0.2) is 176 Å².